The zero-order chi connectivity index (χ0) is 21.9. The predicted molar refractivity (Wildman–Crippen MR) is 121 cm³/mol. The summed E-state index contributed by atoms with van der Waals surface area (Å²) in [6.45, 7) is 9.93. The number of carbonyl (C=O) groups is 1. The highest BCUT2D eigenvalue weighted by atomic mass is 32.1. The molecule has 2 heterocycles. The van der Waals surface area contributed by atoms with E-state index in [4.69, 9.17) is 4.74 Å². The van der Waals surface area contributed by atoms with Crippen molar-refractivity contribution in [2.45, 2.75) is 41.2 Å². The zero-order valence-electron chi connectivity index (χ0n) is 17.9. The Morgan fingerprint density at radius 1 is 1.20 bits per heavy atom. The molecule has 5 nitrogen and oxygen atoms in total. The highest BCUT2D eigenvalue weighted by Gasteiger charge is 2.18. The monoisotopic (exact) mass is 422 g/mol. The van der Waals surface area contributed by atoms with E-state index in [0.717, 1.165) is 28.1 Å². The molecule has 0 saturated heterocycles. The Kier molecular flexibility index (Phi) is 6.37. The lowest BCUT2D eigenvalue weighted by Crippen LogP contribution is -2.22. The molecule has 0 radical (unpaired) electrons. The highest BCUT2D eigenvalue weighted by molar-refractivity contribution is 7.07. The molecule has 0 aliphatic carbocycles. The van der Waals surface area contributed by atoms with E-state index in [0.29, 0.717) is 15.8 Å². The Morgan fingerprint density at radius 3 is 2.50 bits per heavy atom. The van der Waals surface area contributed by atoms with Crippen molar-refractivity contribution in [3.63, 3.8) is 0 Å². The zero-order valence-corrected chi connectivity index (χ0v) is 18.7. The van der Waals surface area contributed by atoms with E-state index in [2.05, 4.69) is 9.97 Å². The van der Waals surface area contributed by atoms with Gasteiger partial charge in [0.1, 0.15) is 12.4 Å². The van der Waals surface area contributed by atoms with Crippen LogP contribution in [0.5, 0.6) is 5.75 Å². The minimum Gasteiger partial charge on any atom is -0.487 e. The SMILES string of the molecule is Cc1cc(/C=c2\s/c(=C\C(=O)C(C)(C)C)[nH]c2=O)cc(C)c1OCc1ccccn1. The Balaban J connectivity index is 1.89. The third-order valence-electron chi connectivity index (χ3n) is 4.55. The first-order valence-electron chi connectivity index (χ1n) is 9.74. The van der Waals surface area contributed by atoms with Crippen LogP contribution in [0.15, 0.2) is 41.3 Å². The predicted octanol–water partition coefficient (Wildman–Crippen LogP) is 3.25. The average Bonchev–Trinajstić information content (AvgIpc) is 3.00. The molecule has 30 heavy (non-hydrogen) atoms. The first-order chi connectivity index (χ1) is 14.1. The molecule has 0 fully saturated rings. The highest BCUT2D eigenvalue weighted by Crippen LogP contribution is 2.26. The number of rotatable bonds is 5. The van der Waals surface area contributed by atoms with Crippen LogP contribution >= 0.6 is 11.3 Å². The van der Waals surface area contributed by atoms with Crippen LogP contribution in [0.2, 0.25) is 0 Å². The molecule has 2 aromatic heterocycles. The first-order valence-corrected chi connectivity index (χ1v) is 10.6. The summed E-state index contributed by atoms with van der Waals surface area (Å²) in [6.07, 6.45) is 5.09. The Hall–Kier alpha value is -2.99. The van der Waals surface area contributed by atoms with Gasteiger partial charge >= 0.3 is 0 Å². The Morgan fingerprint density at radius 2 is 1.90 bits per heavy atom. The van der Waals surface area contributed by atoms with Gasteiger partial charge in [-0.05, 0) is 60.9 Å². The van der Waals surface area contributed by atoms with Crippen molar-refractivity contribution in [1.29, 1.82) is 0 Å². The second-order valence-corrected chi connectivity index (χ2v) is 9.36. The van der Waals surface area contributed by atoms with Gasteiger partial charge < -0.3 is 9.72 Å². The Labute approximate surface area is 179 Å². The van der Waals surface area contributed by atoms with Crippen molar-refractivity contribution in [3.8, 4) is 5.75 Å². The largest absolute Gasteiger partial charge is 0.487 e. The van der Waals surface area contributed by atoms with Gasteiger partial charge in [-0.15, -0.1) is 11.3 Å². The quantitative estimate of drug-likeness (QED) is 0.685. The summed E-state index contributed by atoms with van der Waals surface area (Å²) in [4.78, 5) is 31.6. The van der Waals surface area contributed by atoms with Crippen LogP contribution in [0.25, 0.3) is 12.2 Å². The van der Waals surface area contributed by atoms with Crippen molar-refractivity contribution in [2.24, 2.45) is 5.41 Å². The van der Waals surface area contributed by atoms with Crippen LogP contribution in [0.1, 0.15) is 43.2 Å². The summed E-state index contributed by atoms with van der Waals surface area (Å²) in [5.74, 6) is 0.801. The molecule has 0 amide bonds. The molecule has 0 atom stereocenters. The molecule has 6 heteroatoms. The number of Topliss-reactive ketones (excluding diaryl/α,β-unsaturated/α-hetero) is 1. The van der Waals surface area contributed by atoms with Crippen molar-refractivity contribution < 1.29 is 9.53 Å². The van der Waals surface area contributed by atoms with Crippen molar-refractivity contribution in [2.75, 3.05) is 0 Å². The van der Waals surface area contributed by atoms with E-state index in [-0.39, 0.29) is 11.3 Å². The smallest absolute Gasteiger partial charge is 0.266 e. The van der Waals surface area contributed by atoms with Crippen LogP contribution in [0.4, 0.5) is 0 Å². The first kappa shape index (κ1) is 21.7. The summed E-state index contributed by atoms with van der Waals surface area (Å²) < 4.78 is 7.10. The maximum absolute atomic E-state index is 12.3. The summed E-state index contributed by atoms with van der Waals surface area (Å²) in [7, 11) is 0. The van der Waals surface area contributed by atoms with E-state index in [1.54, 1.807) is 6.20 Å². The maximum atomic E-state index is 12.3. The molecule has 0 saturated carbocycles. The second-order valence-electron chi connectivity index (χ2n) is 8.28. The molecular formula is C24H26N2O3S. The summed E-state index contributed by atoms with van der Waals surface area (Å²) in [6, 6.07) is 9.71. The molecule has 1 aromatic carbocycles. The number of aromatic nitrogens is 2. The minimum absolute atomic E-state index is 0.0207. The summed E-state index contributed by atoms with van der Waals surface area (Å²) >= 11 is 1.28. The second kappa shape index (κ2) is 8.79. The van der Waals surface area contributed by atoms with Gasteiger partial charge in [-0.25, -0.2) is 0 Å². The van der Waals surface area contributed by atoms with Gasteiger partial charge in [-0.1, -0.05) is 26.8 Å². The fourth-order valence-electron chi connectivity index (χ4n) is 2.94. The van der Waals surface area contributed by atoms with Gasteiger partial charge in [0.05, 0.1) is 14.9 Å². The molecule has 0 spiro atoms. The number of hydrogen-bond donors (Lipinski definition) is 1. The summed E-state index contributed by atoms with van der Waals surface area (Å²) in [5, 5.41) is 0. The lowest BCUT2D eigenvalue weighted by molar-refractivity contribution is -0.119. The van der Waals surface area contributed by atoms with E-state index >= 15 is 0 Å². The molecule has 0 aliphatic heterocycles. The topological polar surface area (TPSA) is 72.0 Å². The van der Waals surface area contributed by atoms with Crippen LogP contribution in [0.3, 0.4) is 0 Å². The number of aromatic amines is 1. The van der Waals surface area contributed by atoms with Gasteiger partial charge in [-0.3, -0.25) is 14.6 Å². The number of H-pyrrole nitrogens is 1. The summed E-state index contributed by atoms with van der Waals surface area (Å²) in [5.41, 5.74) is 3.07. The fraction of sp³-hybridized carbons (Fsp3) is 0.292. The standard InChI is InChI=1S/C24H26N2O3S/c1-15-10-17(11-16(2)22(15)29-14-18-8-6-7-9-25-18)12-19-23(28)26-21(30-19)13-20(27)24(3,4)5/h6-13H,14H2,1-5H3,(H,26,28)/b19-12-,21-13-. The number of ketones is 1. The van der Waals surface area contributed by atoms with Crippen molar-refractivity contribution in [1.82, 2.24) is 9.97 Å². The molecule has 3 rings (SSSR count). The lowest BCUT2D eigenvalue weighted by atomic mass is 9.91. The van der Waals surface area contributed by atoms with E-state index in [1.807, 2.05) is 71.0 Å². The lowest BCUT2D eigenvalue weighted by Gasteiger charge is -2.13. The third kappa shape index (κ3) is 5.33. The average molecular weight is 423 g/mol. The molecule has 0 unspecified atom stereocenters. The number of nitrogens with zero attached hydrogens (tertiary/aromatic N) is 1. The molecular weight excluding hydrogens is 396 g/mol. The minimum atomic E-state index is -0.482. The van der Waals surface area contributed by atoms with Crippen LogP contribution < -0.4 is 19.5 Å². The molecule has 0 bridgehead atoms. The Bertz CT molecular complexity index is 1210. The number of aryl methyl sites for hydroxylation is 2. The van der Waals surface area contributed by atoms with E-state index < -0.39 is 5.41 Å². The number of hydrogen-bond acceptors (Lipinski definition) is 5. The van der Waals surface area contributed by atoms with Gasteiger partial charge in [-0.2, -0.15) is 0 Å². The van der Waals surface area contributed by atoms with Crippen LogP contribution in [0, 0.1) is 19.3 Å². The number of thiazole rings is 1. The molecule has 1 N–H and O–H groups in total. The van der Waals surface area contributed by atoms with Gasteiger partial charge in [0.15, 0.2) is 5.78 Å². The molecule has 3 aromatic rings. The normalized spacial score (nSPS) is 13.0. The number of pyridine rings is 1. The number of benzene rings is 1. The van der Waals surface area contributed by atoms with Crippen LogP contribution in [-0.4, -0.2) is 15.8 Å². The van der Waals surface area contributed by atoms with Gasteiger partial charge in [0.2, 0.25) is 0 Å². The number of nitrogens with one attached hydrogen (secondary N) is 1. The number of carbonyl (C=O) groups excluding carboxylic acids is 1. The maximum Gasteiger partial charge on any atom is 0.266 e. The van der Waals surface area contributed by atoms with E-state index in [9.17, 15) is 9.59 Å². The van der Waals surface area contributed by atoms with Crippen molar-refractivity contribution >= 4 is 29.3 Å². The third-order valence-corrected chi connectivity index (χ3v) is 5.52. The van der Waals surface area contributed by atoms with Crippen molar-refractivity contribution in [3.05, 3.63) is 78.5 Å². The van der Waals surface area contributed by atoms with E-state index in [1.165, 1.54) is 17.4 Å². The molecule has 0 aliphatic rings. The van der Waals surface area contributed by atoms with Crippen LogP contribution in [-0.2, 0) is 11.4 Å². The van der Waals surface area contributed by atoms with Gasteiger partial charge in [0.25, 0.3) is 5.56 Å². The molecule has 156 valence electrons. The van der Waals surface area contributed by atoms with Gasteiger partial charge in [0, 0.05) is 17.7 Å². The fourth-order valence-corrected chi connectivity index (χ4v) is 3.82. The number of ether oxygens (including phenoxy) is 1.